The zero-order chi connectivity index (χ0) is 7.28. The van der Waals surface area contributed by atoms with Gasteiger partial charge in [0.15, 0.2) is 0 Å². The average molecular weight is 124 g/mol. The third-order valence-corrected chi connectivity index (χ3v) is 0.601. The molecule has 0 saturated carbocycles. The maximum atomic E-state index is 6.96. The number of aliphatic imine (C=N–C) groups is 1. The fourth-order valence-electron chi connectivity index (χ4n) is 0.298. The van der Waals surface area contributed by atoms with Crippen LogP contribution < -0.4 is 0 Å². The van der Waals surface area contributed by atoms with Crippen LogP contribution in [0.1, 0.15) is 20.8 Å². The van der Waals surface area contributed by atoms with Crippen LogP contribution in [0.2, 0.25) is 0 Å². The largest absolute Gasteiger partial charge is 0.304 e. The van der Waals surface area contributed by atoms with Crippen molar-refractivity contribution in [3.05, 3.63) is 11.8 Å². The first-order valence-electron chi connectivity index (χ1n) is 2.84. The first kappa shape index (κ1) is 8.08. The van der Waals surface area contributed by atoms with Gasteiger partial charge in [-0.2, -0.15) is 0 Å². The predicted octanol–water partition coefficient (Wildman–Crippen LogP) is 2.02. The van der Waals surface area contributed by atoms with Crippen molar-refractivity contribution in [1.82, 2.24) is 0 Å². The van der Waals surface area contributed by atoms with Gasteiger partial charge in [-0.1, -0.05) is 5.57 Å². The smallest absolute Gasteiger partial charge is 0.0473 e. The van der Waals surface area contributed by atoms with Gasteiger partial charge in [0.25, 0.3) is 0 Å². The Kier molecular flexibility index (Phi) is 3.60. The molecule has 0 bridgehead atoms. The van der Waals surface area contributed by atoms with Crippen LogP contribution in [-0.4, -0.2) is 11.9 Å². The third kappa shape index (κ3) is 7.08. The molecule has 0 unspecified atom stereocenters. The van der Waals surface area contributed by atoms with Gasteiger partial charge >= 0.3 is 0 Å². The second kappa shape index (κ2) is 4.01. The average Bonchev–Trinajstić information content (AvgIpc) is 1.63. The Balaban J connectivity index is 3.74. The molecular formula is C7H12N2. The number of allylic oxidation sites excluding steroid dienone is 1. The van der Waals surface area contributed by atoms with Crippen LogP contribution in [0.25, 0.3) is 0 Å². The summed E-state index contributed by atoms with van der Waals surface area (Å²) in [5.74, 6) is 0. The van der Waals surface area contributed by atoms with Crippen LogP contribution in [0.15, 0.2) is 16.8 Å². The Hall–Kier alpha value is -0.920. The summed E-state index contributed by atoms with van der Waals surface area (Å²) in [5.41, 5.74) is 1.63. The summed E-state index contributed by atoms with van der Waals surface area (Å²) in [6.07, 6.45) is 3.26. The minimum absolute atomic E-state index is 0.479. The molecule has 0 radical (unpaired) electrons. The fraction of sp³-hybridized carbons (Fsp3) is 0.429. The Bertz CT molecular complexity index is 150. The highest BCUT2D eigenvalue weighted by molar-refractivity contribution is 6.27. The lowest BCUT2D eigenvalue weighted by molar-refractivity contribution is 1.34. The second-order valence-electron chi connectivity index (χ2n) is 2.17. The summed E-state index contributed by atoms with van der Waals surface area (Å²) in [5, 5.41) is 6.96. The summed E-state index contributed by atoms with van der Waals surface area (Å²) in [4.78, 5) is 3.86. The highest BCUT2D eigenvalue weighted by atomic mass is 14.7. The monoisotopic (exact) mass is 124 g/mol. The Morgan fingerprint density at radius 1 is 1.33 bits per heavy atom. The number of nitrogens with zero attached hydrogens (tertiary/aromatic N) is 1. The maximum Gasteiger partial charge on any atom is 0.0473 e. The van der Waals surface area contributed by atoms with Gasteiger partial charge in [-0.15, -0.1) is 0 Å². The molecule has 2 heteroatoms. The van der Waals surface area contributed by atoms with Gasteiger partial charge in [-0.25, -0.2) is 0 Å². The van der Waals surface area contributed by atoms with E-state index in [1.807, 2.05) is 13.8 Å². The molecular weight excluding hydrogens is 112 g/mol. The molecule has 0 heterocycles. The van der Waals surface area contributed by atoms with Crippen molar-refractivity contribution in [3.63, 3.8) is 0 Å². The number of hydrogen-bond acceptors (Lipinski definition) is 2. The second-order valence-corrected chi connectivity index (χ2v) is 2.17. The maximum absolute atomic E-state index is 6.96. The molecule has 0 atom stereocenters. The Morgan fingerprint density at radius 3 is 2.22 bits per heavy atom. The summed E-state index contributed by atoms with van der Waals surface area (Å²) in [6, 6.07) is 0. The Labute approximate surface area is 55.8 Å². The van der Waals surface area contributed by atoms with Crippen molar-refractivity contribution in [2.45, 2.75) is 20.8 Å². The lowest BCUT2D eigenvalue weighted by atomic mass is 10.4. The zero-order valence-electron chi connectivity index (χ0n) is 6.10. The van der Waals surface area contributed by atoms with Crippen molar-refractivity contribution >= 4 is 11.9 Å². The van der Waals surface area contributed by atoms with Gasteiger partial charge in [0.2, 0.25) is 0 Å². The van der Waals surface area contributed by atoms with Crippen molar-refractivity contribution in [3.8, 4) is 0 Å². The lowest BCUT2D eigenvalue weighted by Crippen LogP contribution is -1.86. The van der Waals surface area contributed by atoms with Gasteiger partial charge in [0, 0.05) is 18.1 Å². The van der Waals surface area contributed by atoms with Crippen LogP contribution in [-0.2, 0) is 0 Å². The normalized spacial score (nSPS) is 9.67. The van der Waals surface area contributed by atoms with Crippen LogP contribution >= 0.6 is 0 Å². The molecule has 0 aromatic heterocycles. The molecule has 0 spiro atoms. The lowest BCUT2D eigenvalue weighted by Gasteiger charge is -1.81. The van der Waals surface area contributed by atoms with E-state index in [9.17, 15) is 0 Å². The molecule has 2 nitrogen and oxygen atoms in total. The van der Waals surface area contributed by atoms with E-state index < -0.39 is 0 Å². The highest BCUT2D eigenvalue weighted by Crippen LogP contribution is 1.86. The SMILES string of the molecule is CC(=N)C=NC=C(C)C. The molecule has 1 N–H and O–H groups in total. The van der Waals surface area contributed by atoms with Crippen molar-refractivity contribution in [2.75, 3.05) is 0 Å². The van der Waals surface area contributed by atoms with Gasteiger partial charge in [-0.05, 0) is 20.8 Å². The van der Waals surface area contributed by atoms with E-state index in [-0.39, 0.29) is 0 Å². The van der Waals surface area contributed by atoms with E-state index in [0.717, 1.165) is 5.57 Å². The molecule has 0 saturated heterocycles. The molecule has 0 aromatic carbocycles. The highest BCUT2D eigenvalue weighted by Gasteiger charge is 1.74. The van der Waals surface area contributed by atoms with Crippen molar-refractivity contribution < 1.29 is 0 Å². The first-order chi connectivity index (χ1) is 4.13. The minimum atomic E-state index is 0.479. The van der Waals surface area contributed by atoms with E-state index in [1.54, 1.807) is 13.1 Å². The van der Waals surface area contributed by atoms with Gasteiger partial charge in [0.1, 0.15) is 0 Å². The van der Waals surface area contributed by atoms with E-state index in [4.69, 9.17) is 5.41 Å². The summed E-state index contributed by atoms with van der Waals surface area (Å²) in [7, 11) is 0. The topological polar surface area (TPSA) is 36.2 Å². The first-order valence-corrected chi connectivity index (χ1v) is 2.84. The van der Waals surface area contributed by atoms with Crippen LogP contribution in [0.5, 0.6) is 0 Å². The molecule has 9 heavy (non-hydrogen) atoms. The van der Waals surface area contributed by atoms with Crippen LogP contribution in [0.4, 0.5) is 0 Å². The van der Waals surface area contributed by atoms with Gasteiger partial charge in [-0.3, -0.25) is 4.99 Å². The standard InChI is InChI=1S/C7H12N2/c1-6(2)4-9-5-7(3)8/h4-5,8H,1-3H3. The molecule has 0 fully saturated rings. The molecule has 0 rings (SSSR count). The number of rotatable bonds is 2. The zero-order valence-corrected chi connectivity index (χ0v) is 6.10. The predicted molar refractivity (Wildman–Crippen MR) is 41.3 cm³/mol. The number of hydrogen-bond donors (Lipinski definition) is 1. The summed E-state index contributed by atoms with van der Waals surface area (Å²) >= 11 is 0. The van der Waals surface area contributed by atoms with Gasteiger partial charge in [0.05, 0.1) is 0 Å². The molecule has 0 amide bonds. The fourth-order valence-corrected chi connectivity index (χ4v) is 0.298. The third-order valence-electron chi connectivity index (χ3n) is 0.601. The van der Waals surface area contributed by atoms with Crippen LogP contribution in [0, 0.1) is 5.41 Å². The van der Waals surface area contributed by atoms with Crippen molar-refractivity contribution in [2.24, 2.45) is 4.99 Å². The van der Waals surface area contributed by atoms with Gasteiger partial charge < -0.3 is 5.41 Å². The van der Waals surface area contributed by atoms with E-state index in [0.29, 0.717) is 5.71 Å². The number of nitrogens with one attached hydrogen (secondary N) is 1. The van der Waals surface area contributed by atoms with E-state index in [2.05, 4.69) is 4.99 Å². The molecule has 0 aliphatic carbocycles. The van der Waals surface area contributed by atoms with E-state index >= 15 is 0 Å². The summed E-state index contributed by atoms with van der Waals surface area (Å²) < 4.78 is 0. The molecule has 0 aromatic rings. The summed E-state index contributed by atoms with van der Waals surface area (Å²) in [6.45, 7) is 5.63. The van der Waals surface area contributed by atoms with Crippen LogP contribution in [0.3, 0.4) is 0 Å². The molecule has 0 aliphatic heterocycles. The quantitative estimate of drug-likeness (QED) is 0.547. The Morgan fingerprint density at radius 2 is 1.89 bits per heavy atom. The van der Waals surface area contributed by atoms with E-state index in [1.165, 1.54) is 6.21 Å². The molecule has 0 aliphatic rings. The minimum Gasteiger partial charge on any atom is -0.304 e. The van der Waals surface area contributed by atoms with Crippen molar-refractivity contribution in [1.29, 1.82) is 5.41 Å². The molecule has 50 valence electrons.